The van der Waals surface area contributed by atoms with Gasteiger partial charge in [0.15, 0.2) is 0 Å². The first kappa shape index (κ1) is 11.7. The molecule has 0 spiro atoms. The van der Waals surface area contributed by atoms with Crippen molar-refractivity contribution in [3.8, 4) is 0 Å². The monoisotopic (exact) mass is 217 g/mol. The van der Waals surface area contributed by atoms with Gasteiger partial charge in [-0.2, -0.15) is 0 Å². The minimum atomic E-state index is 0.742. The van der Waals surface area contributed by atoms with Gasteiger partial charge in [-0.3, -0.25) is 0 Å². The minimum Gasteiger partial charge on any atom is -0.314 e. The first-order valence-corrected chi connectivity index (χ1v) is 6.67. The Kier molecular flexibility index (Phi) is 4.00. The van der Waals surface area contributed by atoms with E-state index in [9.17, 15) is 0 Å². The van der Waals surface area contributed by atoms with Crippen LogP contribution >= 0.6 is 0 Å². The van der Waals surface area contributed by atoms with Gasteiger partial charge in [0, 0.05) is 12.0 Å². The fraction of sp³-hybridized carbons (Fsp3) is 0.600. The van der Waals surface area contributed by atoms with Gasteiger partial charge in [0.05, 0.1) is 0 Å². The van der Waals surface area contributed by atoms with Crippen molar-refractivity contribution in [2.45, 2.75) is 51.5 Å². The Morgan fingerprint density at radius 2 is 1.94 bits per heavy atom. The van der Waals surface area contributed by atoms with Gasteiger partial charge in [-0.1, -0.05) is 44.5 Å². The molecule has 88 valence electrons. The normalized spacial score (nSPS) is 23.4. The van der Waals surface area contributed by atoms with Crippen molar-refractivity contribution in [2.75, 3.05) is 6.54 Å². The van der Waals surface area contributed by atoms with Crippen LogP contribution in [-0.4, -0.2) is 12.6 Å². The molecule has 0 bridgehead atoms. The third-order valence-electron chi connectivity index (χ3n) is 3.48. The molecule has 1 aromatic carbocycles. The van der Waals surface area contributed by atoms with E-state index in [1.54, 1.807) is 0 Å². The average molecular weight is 217 g/mol. The number of hydrogen-bond donors (Lipinski definition) is 1. The Morgan fingerprint density at radius 1 is 1.19 bits per heavy atom. The third kappa shape index (κ3) is 2.85. The molecule has 1 aromatic rings. The Morgan fingerprint density at radius 3 is 2.56 bits per heavy atom. The van der Waals surface area contributed by atoms with Crippen LogP contribution < -0.4 is 5.32 Å². The second kappa shape index (κ2) is 5.49. The highest BCUT2D eigenvalue weighted by molar-refractivity contribution is 5.31. The fourth-order valence-corrected chi connectivity index (χ4v) is 2.36. The molecule has 0 aliphatic heterocycles. The highest BCUT2D eigenvalue weighted by Crippen LogP contribution is 2.40. The van der Waals surface area contributed by atoms with Crippen LogP contribution in [0.4, 0.5) is 0 Å². The molecule has 1 aliphatic carbocycles. The number of aryl methyl sites for hydroxylation is 1. The van der Waals surface area contributed by atoms with Crippen molar-refractivity contribution in [3.05, 3.63) is 35.4 Å². The Labute approximate surface area is 99.3 Å². The molecule has 16 heavy (non-hydrogen) atoms. The number of unbranched alkanes of at least 4 members (excludes halogenated alkanes) is 1. The molecule has 0 radical (unpaired) electrons. The second-order valence-corrected chi connectivity index (χ2v) is 4.85. The number of benzene rings is 1. The SMILES string of the molecule is CCCCc1ccc(C2CC2NCC)cc1. The van der Waals surface area contributed by atoms with E-state index in [0.717, 1.165) is 18.5 Å². The molecule has 2 atom stereocenters. The Bertz CT molecular complexity index is 315. The van der Waals surface area contributed by atoms with Crippen LogP contribution in [0.15, 0.2) is 24.3 Å². The average Bonchev–Trinajstić information content (AvgIpc) is 3.07. The summed E-state index contributed by atoms with van der Waals surface area (Å²) in [4.78, 5) is 0. The van der Waals surface area contributed by atoms with E-state index >= 15 is 0 Å². The molecule has 0 saturated heterocycles. The first-order chi connectivity index (χ1) is 7.85. The molecule has 1 aliphatic rings. The molecule has 1 fully saturated rings. The molecular formula is C15H23N. The van der Waals surface area contributed by atoms with Crippen LogP contribution in [0.5, 0.6) is 0 Å². The van der Waals surface area contributed by atoms with E-state index in [1.165, 1.54) is 36.8 Å². The van der Waals surface area contributed by atoms with E-state index in [1.807, 2.05) is 0 Å². The van der Waals surface area contributed by atoms with Crippen molar-refractivity contribution in [2.24, 2.45) is 0 Å². The molecule has 0 heterocycles. The maximum absolute atomic E-state index is 3.52. The summed E-state index contributed by atoms with van der Waals surface area (Å²) >= 11 is 0. The summed E-state index contributed by atoms with van der Waals surface area (Å²) in [6, 6.07) is 10.0. The quantitative estimate of drug-likeness (QED) is 0.769. The zero-order chi connectivity index (χ0) is 11.4. The second-order valence-electron chi connectivity index (χ2n) is 4.85. The smallest absolute Gasteiger partial charge is 0.0143 e. The molecular weight excluding hydrogens is 194 g/mol. The van der Waals surface area contributed by atoms with E-state index < -0.39 is 0 Å². The molecule has 0 amide bonds. The standard InChI is InChI=1S/C15H23N/c1-3-5-6-12-7-9-13(10-8-12)14-11-15(14)16-4-2/h7-10,14-16H,3-6,11H2,1-2H3. The summed E-state index contributed by atoms with van der Waals surface area (Å²) in [6.45, 7) is 5.53. The summed E-state index contributed by atoms with van der Waals surface area (Å²) in [7, 11) is 0. The van der Waals surface area contributed by atoms with Gasteiger partial charge in [-0.25, -0.2) is 0 Å². The topological polar surface area (TPSA) is 12.0 Å². The molecule has 2 unspecified atom stereocenters. The summed E-state index contributed by atoms with van der Waals surface area (Å²) in [5.41, 5.74) is 3.01. The summed E-state index contributed by atoms with van der Waals surface area (Å²) in [5.74, 6) is 0.778. The fourth-order valence-electron chi connectivity index (χ4n) is 2.36. The van der Waals surface area contributed by atoms with Crippen LogP contribution in [0.25, 0.3) is 0 Å². The third-order valence-corrected chi connectivity index (χ3v) is 3.48. The lowest BCUT2D eigenvalue weighted by Gasteiger charge is -2.04. The van der Waals surface area contributed by atoms with E-state index in [2.05, 4.69) is 43.4 Å². The van der Waals surface area contributed by atoms with E-state index in [-0.39, 0.29) is 0 Å². The van der Waals surface area contributed by atoms with Gasteiger partial charge in [-0.05, 0) is 36.9 Å². The number of hydrogen-bond acceptors (Lipinski definition) is 1. The molecule has 1 saturated carbocycles. The summed E-state index contributed by atoms with van der Waals surface area (Å²) in [6.07, 6.45) is 5.15. The van der Waals surface area contributed by atoms with Crippen molar-refractivity contribution in [3.63, 3.8) is 0 Å². The lowest BCUT2D eigenvalue weighted by Crippen LogP contribution is -2.16. The lowest BCUT2D eigenvalue weighted by molar-refractivity contribution is 0.703. The maximum Gasteiger partial charge on any atom is 0.0143 e. The van der Waals surface area contributed by atoms with E-state index in [0.29, 0.717) is 0 Å². The molecule has 2 rings (SSSR count). The molecule has 1 heteroatoms. The van der Waals surface area contributed by atoms with Crippen LogP contribution in [0.1, 0.15) is 50.2 Å². The number of nitrogens with one attached hydrogen (secondary N) is 1. The zero-order valence-corrected chi connectivity index (χ0v) is 10.5. The molecule has 1 N–H and O–H groups in total. The number of rotatable bonds is 6. The largest absolute Gasteiger partial charge is 0.314 e. The van der Waals surface area contributed by atoms with Gasteiger partial charge in [0.25, 0.3) is 0 Å². The van der Waals surface area contributed by atoms with Gasteiger partial charge < -0.3 is 5.32 Å². The van der Waals surface area contributed by atoms with Crippen LogP contribution in [0, 0.1) is 0 Å². The zero-order valence-electron chi connectivity index (χ0n) is 10.5. The predicted molar refractivity (Wildman–Crippen MR) is 69.9 cm³/mol. The van der Waals surface area contributed by atoms with Gasteiger partial charge >= 0.3 is 0 Å². The highest BCUT2D eigenvalue weighted by atomic mass is 15.0. The summed E-state index contributed by atoms with van der Waals surface area (Å²) < 4.78 is 0. The van der Waals surface area contributed by atoms with Crippen molar-refractivity contribution >= 4 is 0 Å². The summed E-state index contributed by atoms with van der Waals surface area (Å²) in [5, 5.41) is 3.52. The van der Waals surface area contributed by atoms with Gasteiger partial charge in [0.2, 0.25) is 0 Å². The number of likely N-dealkylation sites (N-methyl/N-ethyl adjacent to an activating group) is 1. The van der Waals surface area contributed by atoms with Crippen LogP contribution in [-0.2, 0) is 6.42 Å². The maximum atomic E-state index is 3.52. The highest BCUT2D eigenvalue weighted by Gasteiger charge is 2.37. The first-order valence-electron chi connectivity index (χ1n) is 6.67. The Balaban J connectivity index is 1.88. The van der Waals surface area contributed by atoms with Crippen molar-refractivity contribution in [1.82, 2.24) is 5.32 Å². The van der Waals surface area contributed by atoms with Crippen molar-refractivity contribution < 1.29 is 0 Å². The minimum absolute atomic E-state index is 0.742. The van der Waals surface area contributed by atoms with Crippen LogP contribution in [0.3, 0.4) is 0 Å². The van der Waals surface area contributed by atoms with Gasteiger partial charge in [0.1, 0.15) is 0 Å². The predicted octanol–water partition coefficient (Wildman–Crippen LogP) is 3.49. The van der Waals surface area contributed by atoms with E-state index in [4.69, 9.17) is 0 Å². The van der Waals surface area contributed by atoms with Crippen molar-refractivity contribution in [1.29, 1.82) is 0 Å². The lowest BCUT2D eigenvalue weighted by atomic mass is 10.0. The molecule has 0 aromatic heterocycles. The van der Waals surface area contributed by atoms with Gasteiger partial charge in [-0.15, -0.1) is 0 Å². The molecule has 1 nitrogen and oxygen atoms in total. The van der Waals surface area contributed by atoms with Crippen LogP contribution in [0.2, 0.25) is 0 Å². The Hall–Kier alpha value is -0.820.